The molecule has 18 heavy (non-hydrogen) atoms. The van der Waals surface area contributed by atoms with Gasteiger partial charge in [0.05, 0.1) is 12.3 Å². The van der Waals surface area contributed by atoms with Crippen LogP contribution < -0.4 is 5.32 Å². The molecule has 0 fully saturated rings. The number of hydrogen-bond donors (Lipinski definition) is 1. The fourth-order valence-electron chi connectivity index (χ4n) is 1.71. The van der Waals surface area contributed by atoms with Crippen molar-refractivity contribution in [2.75, 3.05) is 13.2 Å². The van der Waals surface area contributed by atoms with Crippen molar-refractivity contribution in [2.24, 2.45) is 0 Å². The molecule has 1 heterocycles. The number of aromatic nitrogens is 1. The monoisotopic (exact) mass is 270 g/mol. The zero-order valence-corrected chi connectivity index (χ0v) is 12.5. The molecule has 0 aliphatic carbocycles. The van der Waals surface area contributed by atoms with E-state index in [9.17, 15) is 0 Å². The molecule has 0 spiro atoms. The van der Waals surface area contributed by atoms with Crippen molar-refractivity contribution in [2.45, 2.75) is 59.1 Å². The predicted molar refractivity (Wildman–Crippen MR) is 77.9 cm³/mol. The molecule has 0 radical (unpaired) electrons. The zero-order valence-electron chi connectivity index (χ0n) is 11.7. The van der Waals surface area contributed by atoms with Crippen molar-refractivity contribution in [3.63, 3.8) is 0 Å². The highest BCUT2D eigenvalue weighted by Crippen LogP contribution is 2.11. The number of nitrogens with zero attached hydrogens (tertiary/aromatic N) is 1. The van der Waals surface area contributed by atoms with E-state index < -0.39 is 0 Å². The highest BCUT2D eigenvalue weighted by Gasteiger charge is 2.01. The first-order valence-corrected chi connectivity index (χ1v) is 7.96. The van der Waals surface area contributed by atoms with Crippen LogP contribution in [0.25, 0.3) is 0 Å². The van der Waals surface area contributed by atoms with Gasteiger partial charge in [-0.3, -0.25) is 0 Å². The molecule has 1 aromatic heterocycles. The van der Waals surface area contributed by atoms with Crippen LogP contribution in [0.2, 0.25) is 0 Å². The smallest absolute Gasteiger partial charge is 0.107 e. The third-order valence-corrected chi connectivity index (χ3v) is 3.67. The van der Waals surface area contributed by atoms with E-state index in [1.807, 2.05) is 0 Å². The molecule has 0 bridgehead atoms. The van der Waals surface area contributed by atoms with Crippen LogP contribution in [0.1, 0.15) is 56.7 Å². The van der Waals surface area contributed by atoms with Gasteiger partial charge in [0, 0.05) is 18.5 Å². The Labute approximate surface area is 115 Å². The molecule has 0 aliphatic rings. The lowest BCUT2D eigenvalue weighted by Crippen LogP contribution is -2.11. The Balaban J connectivity index is 2.03. The van der Waals surface area contributed by atoms with Crippen LogP contribution >= 0.6 is 11.3 Å². The molecule has 3 nitrogen and oxygen atoms in total. The second kappa shape index (κ2) is 10.5. The van der Waals surface area contributed by atoms with Gasteiger partial charge in [-0.2, -0.15) is 0 Å². The normalized spacial score (nSPS) is 11.0. The van der Waals surface area contributed by atoms with E-state index in [1.165, 1.54) is 32.1 Å². The average Bonchev–Trinajstić information content (AvgIpc) is 2.83. The minimum absolute atomic E-state index is 0.663. The molecular weight excluding hydrogens is 244 g/mol. The van der Waals surface area contributed by atoms with Crippen LogP contribution in [0.5, 0.6) is 0 Å². The van der Waals surface area contributed by atoms with Crippen LogP contribution in [0.4, 0.5) is 0 Å². The molecule has 0 unspecified atom stereocenters. The highest BCUT2D eigenvalue weighted by atomic mass is 32.1. The van der Waals surface area contributed by atoms with Gasteiger partial charge in [-0.25, -0.2) is 4.98 Å². The number of rotatable bonds is 11. The molecule has 0 aliphatic heterocycles. The minimum Gasteiger partial charge on any atom is -0.375 e. The first kappa shape index (κ1) is 15.6. The van der Waals surface area contributed by atoms with Crippen molar-refractivity contribution in [1.29, 1.82) is 0 Å². The summed E-state index contributed by atoms with van der Waals surface area (Å²) in [5, 5.41) is 6.53. The Morgan fingerprint density at radius 1 is 1.22 bits per heavy atom. The summed E-state index contributed by atoms with van der Waals surface area (Å²) in [6.45, 7) is 7.74. The van der Waals surface area contributed by atoms with Gasteiger partial charge in [0.15, 0.2) is 0 Å². The van der Waals surface area contributed by atoms with Crippen LogP contribution in [0.15, 0.2) is 5.38 Å². The third kappa shape index (κ3) is 7.09. The summed E-state index contributed by atoms with van der Waals surface area (Å²) in [5.41, 5.74) is 1.07. The summed E-state index contributed by atoms with van der Waals surface area (Å²) in [5.74, 6) is 0. The lowest BCUT2D eigenvalue weighted by atomic mass is 10.2. The summed E-state index contributed by atoms with van der Waals surface area (Å²) in [6, 6.07) is 0. The van der Waals surface area contributed by atoms with Crippen LogP contribution in [0, 0.1) is 0 Å². The topological polar surface area (TPSA) is 34.1 Å². The molecule has 0 amide bonds. The van der Waals surface area contributed by atoms with Gasteiger partial charge in [-0.15, -0.1) is 11.3 Å². The van der Waals surface area contributed by atoms with Crippen LogP contribution in [-0.4, -0.2) is 18.1 Å². The molecule has 0 atom stereocenters. The zero-order chi connectivity index (χ0) is 13.1. The molecule has 104 valence electrons. The first-order valence-electron chi connectivity index (χ1n) is 7.08. The van der Waals surface area contributed by atoms with Gasteiger partial charge in [0.25, 0.3) is 0 Å². The van der Waals surface area contributed by atoms with Crippen molar-refractivity contribution < 1.29 is 4.74 Å². The van der Waals surface area contributed by atoms with Gasteiger partial charge in [-0.1, -0.05) is 39.5 Å². The van der Waals surface area contributed by atoms with Gasteiger partial charge in [0.1, 0.15) is 5.01 Å². The van der Waals surface area contributed by atoms with Gasteiger partial charge < -0.3 is 10.1 Å². The Hall–Kier alpha value is -0.450. The average molecular weight is 270 g/mol. The predicted octanol–water partition coefficient (Wildman–Crippen LogP) is 3.74. The quantitative estimate of drug-likeness (QED) is 0.622. The first-order chi connectivity index (χ1) is 8.86. The Bertz CT molecular complexity index is 302. The molecular formula is C14H26N2OS. The van der Waals surface area contributed by atoms with Gasteiger partial charge in [-0.05, 0) is 13.0 Å². The molecule has 0 saturated carbocycles. The maximum absolute atomic E-state index is 5.64. The molecule has 0 saturated heterocycles. The molecule has 4 heteroatoms. The lowest BCUT2D eigenvalue weighted by Gasteiger charge is -2.02. The summed E-state index contributed by atoms with van der Waals surface area (Å²) >= 11 is 1.71. The van der Waals surface area contributed by atoms with Crippen LogP contribution in [0.3, 0.4) is 0 Å². The van der Waals surface area contributed by atoms with E-state index in [0.717, 1.165) is 30.4 Å². The summed E-state index contributed by atoms with van der Waals surface area (Å²) < 4.78 is 5.64. The van der Waals surface area contributed by atoms with E-state index >= 15 is 0 Å². The Morgan fingerprint density at radius 2 is 2.06 bits per heavy atom. The second-order valence-electron chi connectivity index (χ2n) is 4.48. The maximum Gasteiger partial charge on any atom is 0.107 e. The molecule has 1 N–H and O–H groups in total. The van der Waals surface area contributed by atoms with Crippen molar-refractivity contribution in [3.05, 3.63) is 16.1 Å². The van der Waals surface area contributed by atoms with E-state index in [-0.39, 0.29) is 0 Å². The third-order valence-electron chi connectivity index (χ3n) is 2.77. The van der Waals surface area contributed by atoms with Crippen molar-refractivity contribution >= 4 is 11.3 Å². The number of thiazole rings is 1. The van der Waals surface area contributed by atoms with E-state index in [4.69, 9.17) is 4.74 Å². The number of unbranched alkanes of at least 4 members (excludes halogenated alkanes) is 4. The van der Waals surface area contributed by atoms with E-state index in [2.05, 4.69) is 29.5 Å². The molecule has 1 aromatic rings. The van der Waals surface area contributed by atoms with Gasteiger partial charge in [0.2, 0.25) is 0 Å². The maximum atomic E-state index is 5.64. The fraction of sp³-hybridized carbons (Fsp3) is 0.786. The molecule has 1 rings (SSSR count). The summed E-state index contributed by atoms with van der Waals surface area (Å²) in [4.78, 5) is 4.53. The second-order valence-corrected chi connectivity index (χ2v) is 5.42. The largest absolute Gasteiger partial charge is 0.375 e. The summed E-state index contributed by atoms with van der Waals surface area (Å²) in [7, 11) is 0. The Morgan fingerprint density at radius 3 is 2.83 bits per heavy atom. The number of hydrogen-bond acceptors (Lipinski definition) is 4. The minimum atomic E-state index is 0.663. The fourth-order valence-corrected chi connectivity index (χ4v) is 2.46. The Kier molecular flexibility index (Phi) is 9.08. The standard InChI is InChI=1S/C14H26N2OS/c1-3-5-6-7-8-9-17-11-13-12-18-14(16-13)10-15-4-2/h12,15H,3-11H2,1-2H3. The van der Waals surface area contributed by atoms with E-state index in [0.29, 0.717) is 6.61 Å². The lowest BCUT2D eigenvalue weighted by molar-refractivity contribution is 0.114. The summed E-state index contributed by atoms with van der Waals surface area (Å²) in [6.07, 6.45) is 6.45. The van der Waals surface area contributed by atoms with Crippen molar-refractivity contribution in [3.8, 4) is 0 Å². The highest BCUT2D eigenvalue weighted by molar-refractivity contribution is 7.09. The number of nitrogens with one attached hydrogen (secondary N) is 1. The van der Waals surface area contributed by atoms with E-state index in [1.54, 1.807) is 11.3 Å². The van der Waals surface area contributed by atoms with Crippen LogP contribution in [-0.2, 0) is 17.9 Å². The van der Waals surface area contributed by atoms with Crippen molar-refractivity contribution in [1.82, 2.24) is 10.3 Å². The molecule has 0 aromatic carbocycles. The SMILES string of the molecule is CCCCCCCOCc1csc(CNCC)n1. The number of ether oxygens (including phenoxy) is 1. The van der Waals surface area contributed by atoms with Gasteiger partial charge >= 0.3 is 0 Å².